The maximum Gasteiger partial charge on any atom is 0.274 e. The Hall–Kier alpha value is -1.69. The number of likely N-dealkylation sites (tertiary alicyclic amines) is 1. The first-order chi connectivity index (χ1) is 8.13. The van der Waals surface area contributed by atoms with Crippen molar-refractivity contribution in [2.24, 2.45) is 5.92 Å². The third kappa shape index (κ3) is 2.21. The molecule has 1 aromatic rings. The molecule has 6 nitrogen and oxygen atoms in total. The fraction of sp³-hybridized carbons (Fsp3) is 0.545. The molecular weight excluding hydrogens is 220 g/mol. The van der Waals surface area contributed by atoms with Gasteiger partial charge in [0.1, 0.15) is 5.82 Å². The number of aliphatic hydroxyl groups excluding tert-OH is 1. The molecule has 0 aromatic carbocycles. The topological polar surface area (TPSA) is 92.3 Å². The SMILES string of the molecule is CC1CCN(C(=O)c2ccc(N)nn2)C1CO. The summed E-state index contributed by atoms with van der Waals surface area (Å²) in [5.41, 5.74) is 5.69. The van der Waals surface area contributed by atoms with Gasteiger partial charge < -0.3 is 15.7 Å². The van der Waals surface area contributed by atoms with E-state index in [1.54, 1.807) is 17.0 Å². The molecule has 1 amide bonds. The second-order valence-corrected chi connectivity index (χ2v) is 4.36. The highest BCUT2D eigenvalue weighted by atomic mass is 16.3. The van der Waals surface area contributed by atoms with Crippen LogP contribution in [0.25, 0.3) is 0 Å². The van der Waals surface area contributed by atoms with Gasteiger partial charge in [0.15, 0.2) is 5.69 Å². The second-order valence-electron chi connectivity index (χ2n) is 4.36. The van der Waals surface area contributed by atoms with E-state index in [0.29, 0.717) is 12.5 Å². The van der Waals surface area contributed by atoms with Crippen LogP contribution in [0.15, 0.2) is 12.1 Å². The van der Waals surface area contributed by atoms with Gasteiger partial charge in [0.05, 0.1) is 12.6 Å². The van der Waals surface area contributed by atoms with Crippen LogP contribution in [0.1, 0.15) is 23.8 Å². The molecule has 2 atom stereocenters. The van der Waals surface area contributed by atoms with Gasteiger partial charge in [-0.2, -0.15) is 0 Å². The number of nitrogens with two attached hydrogens (primary N) is 1. The Morgan fingerprint density at radius 2 is 2.35 bits per heavy atom. The van der Waals surface area contributed by atoms with E-state index in [0.717, 1.165) is 6.42 Å². The number of nitrogen functional groups attached to an aromatic ring is 1. The van der Waals surface area contributed by atoms with Gasteiger partial charge in [-0.15, -0.1) is 10.2 Å². The number of hydrogen-bond acceptors (Lipinski definition) is 5. The average Bonchev–Trinajstić information content (AvgIpc) is 2.70. The summed E-state index contributed by atoms with van der Waals surface area (Å²) in [5, 5.41) is 16.7. The molecule has 1 saturated heterocycles. The summed E-state index contributed by atoms with van der Waals surface area (Å²) in [6.07, 6.45) is 0.902. The van der Waals surface area contributed by atoms with Crippen LogP contribution in [0.3, 0.4) is 0 Å². The number of carbonyl (C=O) groups excluding carboxylic acids is 1. The first-order valence-corrected chi connectivity index (χ1v) is 5.64. The van der Waals surface area contributed by atoms with E-state index in [4.69, 9.17) is 5.73 Å². The van der Waals surface area contributed by atoms with Crippen molar-refractivity contribution in [2.75, 3.05) is 18.9 Å². The molecule has 2 heterocycles. The highest BCUT2D eigenvalue weighted by molar-refractivity contribution is 5.92. The minimum atomic E-state index is -0.194. The van der Waals surface area contributed by atoms with Crippen LogP contribution in [-0.4, -0.2) is 45.3 Å². The molecule has 2 unspecified atom stereocenters. The summed E-state index contributed by atoms with van der Waals surface area (Å²) < 4.78 is 0. The molecule has 92 valence electrons. The van der Waals surface area contributed by atoms with Gasteiger partial charge in [0.25, 0.3) is 5.91 Å². The molecule has 0 spiro atoms. The van der Waals surface area contributed by atoms with Crippen molar-refractivity contribution in [2.45, 2.75) is 19.4 Å². The zero-order valence-corrected chi connectivity index (χ0v) is 9.71. The summed E-state index contributed by atoms with van der Waals surface area (Å²) in [5.74, 6) is 0.404. The Labute approximate surface area is 99.4 Å². The molecule has 0 saturated carbocycles. The van der Waals surface area contributed by atoms with Crippen molar-refractivity contribution < 1.29 is 9.90 Å². The number of anilines is 1. The molecule has 0 bridgehead atoms. The molecule has 1 aliphatic rings. The minimum Gasteiger partial charge on any atom is -0.394 e. The summed E-state index contributed by atoms with van der Waals surface area (Å²) in [7, 11) is 0. The largest absolute Gasteiger partial charge is 0.394 e. The lowest BCUT2D eigenvalue weighted by Crippen LogP contribution is -2.40. The lowest BCUT2D eigenvalue weighted by atomic mass is 10.0. The predicted octanol–water partition coefficient (Wildman–Crippen LogP) is -0.0983. The predicted molar refractivity (Wildman–Crippen MR) is 62.1 cm³/mol. The molecule has 3 N–H and O–H groups in total. The molecule has 1 fully saturated rings. The zero-order valence-electron chi connectivity index (χ0n) is 9.71. The van der Waals surface area contributed by atoms with E-state index in [-0.39, 0.29) is 30.1 Å². The van der Waals surface area contributed by atoms with Crippen LogP contribution in [0.4, 0.5) is 5.82 Å². The van der Waals surface area contributed by atoms with E-state index < -0.39 is 0 Å². The summed E-state index contributed by atoms with van der Waals surface area (Å²) in [6, 6.07) is 2.98. The lowest BCUT2D eigenvalue weighted by molar-refractivity contribution is 0.0641. The van der Waals surface area contributed by atoms with Gasteiger partial charge in [-0.25, -0.2) is 0 Å². The Kier molecular flexibility index (Phi) is 3.23. The van der Waals surface area contributed by atoms with Gasteiger partial charge in [0, 0.05) is 6.54 Å². The van der Waals surface area contributed by atoms with E-state index in [2.05, 4.69) is 10.2 Å². The van der Waals surface area contributed by atoms with Crippen molar-refractivity contribution in [1.82, 2.24) is 15.1 Å². The number of aromatic nitrogens is 2. The Morgan fingerprint density at radius 1 is 1.59 bits per heavy atom. The van der Waals surface area contributed by atoms with E-state index in [1.165, 1.54) is 0 Å². The summed E-state index contributed by atoms with van der Waals surface area (Å²) in [4.78, 5) is 13.8. The Balaban J connectivity index is 2.17. The van der Waals surface area contributed by atoms with Gasteiger partial charge >= 0.3 is 0 Å². The number of carbonyl (C=O) groups is 1. The zero-order chi connectivity index (χ0) is 12.4. The Bertz CT molecular complexity index is 406. The third-order valence-electron chi connectivity index (χ3n) is 3.23. The van der Waals surface area contributed by atoms with Crippen LogP contribution in [0.5, 0.6) is 0 Å². The molecule has 6 heteroatoms. The standard InChI is InChI=1S/C11H16N4O2/c1-7-4-5-15(9(7)6-16)11(17)8-2-3-10(12)14-13-8/h2-3,7,9,16H,4-6H2,1H3,(H2,12,14). The van der Waals surface area contributed by atoms with Crippen LogP contribution >= 0.6 is 0 Å². The van der Waals surface area contributed by atoms with Crippen LogP contribution < -0.4 is 5.73 Å². The normalized spacial score (nSPS) is 24.0. The average molecular weight is 236 g/mol. The fourth-order valence-corrected chi connectivity index (χ4v) is 2.14. The number of aliphatic hydroxyl groups is 1. The Morgan fingerprint density at radius 3 is 2.94 bits per heavy atom. The second kappa shape index (κ2) is 4.67. The first kappa shape index (κ1) is 11.8. The van der Waals surface area contributed by atoms with Gasteiger partial charge in [-0.1, -0.05) is 6.92 Å². The molecule has 17 heavy (non-hydrogen) atoms. The monoisotopic (exact) mass is 236 g/mol. The molecule has 0 aliphatic carbocycles. The first-order valence-electron chi connectivity index (χ1n) is 5.64. The van der Waals surface area contributed by atoms with Gasteiger partial charge in [-0.3, -0.25) is 4.79 Å². The lowest BCUT2D eigenvalue weighted by Gasteiger charge is -2.24. The number of rotatable bonds is 2. The number of nitrogens with zero attached hydrogens (tertiary/aromatic N) is 3. The van der Waals surface area contributed by atoms with E-state index >= 15 is 0 Å². The van der Waals surface area contributed by atoms with E-state index in [9.17, 15) is 9.90 Å². The maximum atomic E-state index is 12.1. The van der Waals surface area contributed by atoms with Crippen LogP contribution in [0, 0.1) is 5.92 Å². The molecule has 2 rings (SSSR count). The van der Waals surface area contributed by atoms with Crippen molar-refractivity contribution >= 4 is 11.7 Å². The fourth-order valence-electron chi connectivity index (χ4n) is 2.14. The van der Waals surface area contributed by atoms with Gasteiger partial charge in [0.2, 0.25) is 0 Å². The number of amides is 1. The van der Waals surface area contributed by atoms with Crippen LogP contribution in [0.2, 0.25) is 0 Å². The van der Waals surface area contributed by atoms with Crippen molar-refractivity contribution in [3.05, 3.63) is 17.8 Å². The smallest absolute Gasteiger partial charge is 0.274 e. The highest BCUT2D eigenvalue weighted by Crippen LogP contribution is 2.24. The van der Waals surface area contributed by atoms with Crippen molar-refractivity contribution in [1.29, 1.82) is 0 Å². The van der Waals surface area contributed by atoms with Crippen LogP contribution in [-0.2, 0) is 0 Å². The van der Waals surface area contributed by atoms with Gasteiger partial charge in [-0.05, 0) is 24.5 Å². The molecular formula is C11H16N4O2. The molecule has 1 aliphatic heterocycles. The van der Waals surface area contributed by atoms with E-state index in [1.807, 2.05) is 6.92 Å². The molecule has 1 aromatic heterocycles. The summed E-state index contributed by atoms with van der Waals surface area (Å²) in [6.45, 7) is 2.66. The maximum absolute atomic E-state index is 12.1. The van der Waals surface area contributed by atoms with Crippen molar-refractivity contribution in [3.8, 4) is 0 Å². The molecule has 0 radical (unpaired) electrons. The van der Waals surface area contributed by atoms with Crippen molar-refractivity contribution in [3.63, 3.8) is 0 Å². The highest BCUT2D eigenvalue weighted by Gasteiger charge is 2.34. The quantitative estimate of drug-likeness (QED) is 0.748. The minimum absolute atomic E-state index is 0.0185. The third-order valence-corrected chi connectivity index (χ3v) is 3.23. The number of hydrogen-bond donors (Lipinski definition) is 2. The summed E-state index contributed by atoms with van der Waals surface area (Å²) >= 11 is 0.